The molecule has 0 saturated carbocycles. The van der Waals surface area contributed by atoms with Crippen molar-refractivity contribution in [1.82, 2.24) is 36.9 Å². The maximum Gasteiger partial charge on any atom is 0.325 e. The van der Waals surface area contributed by atoms with Crippen molar-refractivity contribution < 1.29 is 54.0 Å². The molecule has 1 aromatic heterocycles. The standard InChI is InChI=1S/C33H50N8O11/c1-15(2)10-21(34)28(46)39-24(13-42)31(49)40-25(14-43)30(48)38-23(11-19-12-35-22-9-7-6-8-20(19)22)29(47)41-26(18(5)44)32(50)36-16(3)27(45)37-17(4)33(51)52/h6-9,12,15-18,21,23-26,35,42-44H,10-11,13-14,34H2,1-5H3,(H,36,50)(H,37,45)(H,38,48)(H,39,46)(H,40,49)(H,41,47)(H,51,52). The third kappa shape index (κ3) is 12.6. The van der Waals surface area contributed by atoms with E-state index in [9.17, 15) is 48.9 Å². The van der Waals surface area contributed by atoms with E-state index < -0.39 is 103 Å². The number of aliphatic hydroxyl groups excluding tert-OH is 3. The van der Waals surface area contributed by atoms with Crippen molar-refractivity contribution in [3.8, 4) is 0 Å². The van der Waals surface area contributed by atoms with Gasteiger partial charge in [-0.2, -0.15) is 0 Å². The largest absolute Gasteiger partial charge is 0.480 e. The van der Waals surface area contributed by atoms with E-state index >= 15 is 0 Å². The molecule has 2 aromatic rings. The molecule has 52 heavy (non-hydrogen) atoms. The van der Waals surface area contributed by atoms with Crippen LogP contribution in [0.4, 0.5) is 0 Å². The van der Waals surface area contributed by atoms with Gasteiger partial charge in [0.25, 0.3) is 0 Å². The van der Waals surface area contributed by atoms with Crippen molar-refractivity contribution in [2.45, 2.75) is 95.9 Å². The summed E-state index contributed by atoms with van der Waals surface area (Å²) >= 11 is 0. The van der Waals surface area contributed by atoms with E-state index in [4.69, 9.17) is 10.8 Å². The fourth-order valence-corrected chi connectivity index (χ4v) is 4.98. The molecule has 2 rings (SSSR count). The van der Waals surface area contributed by atoms with Crippen molar-refractivity contribution in [3.05, 3.63) is 36.0 Å². The highest BCUT2D eigenvalue weighted by Gasteiger charge is 2.34. The number of benzene rings is 1. The van der Waals surface area contributed by atoms with E-state index in [1.54, 1.807) is 30.5 Å². The van der Waals surface area contributed by atoms with Crippen LogP contribution in [-0.2, 0) is 40.0 Å². The van der Waals surface area contributed by atoms with E-state index in [2.05, 4.69) is 36.9 Å². The Labute approximate surface area is 299 Å². The van der Waals surface area contributed by atoms with Crippen molar-refractivity contribution in [1.29, 1.82) is 0 Å². The number of hydrogen-bond acceptors (Lipinski definition) is 11. The lowest BCUT2D eigenvalue weighted by atomic mass is 10.0. The summed E-state index contributed by atoms with van der Waals surface area (Å²) in [6.07, 6.45) is 0.186. The van der Waals surface area contributed by atoms with E-state index in [1.165, 1.54) is 20.8 Å². The van der Waals surface area contributed by atoms with Gasteiger partial charge in [0.05, 0.1) is 25.4 Å². The third-order valence-corrected chi connectivity index (χ3v) is 7.97. The molecule has 13 N–H and O–H groups in total. The van der Waals surface area contributed by atoms with Gasteiger partial charge in [-0.3, -0.25) is 33.6 Å². The van der Waals surface area contributed by atoms with Crippen LogP contribution in [0.2, 0.25) is 0 Å². The third-order valence-electron chi connectivity index (χ3n) is 7.97. The molecule has 0 fully saturated rings. The molecule has 6 amide bonds. The smallest absolute Gasteiger partial charge is 0.325 e. The number of rotatable bonds is 20. The Morgan fingerprint density at radius 3 is 1.75 bits per heavy atom. The summed E-state index contributed by atoms with van der Waals surface area (Å²) in [6, 6.07) is -2.80. The summed E-state index contributed by atoms with van der Waals surface area (Å²) in [5.41, 5.74) is 7.12. The number of aliphatic carboxylic acids is 1. The Morgan fingerprint density at radius 2 is 1.21 bits per heavy atom. The molecular weight excluding hydrogens is 684 g/mol. The van der Waals surface area contributed by atoms with Crippen molar-refractivity contribution in [3.63, 3.8) is 0 Å². The number of aromatic amines is 1. The number of fused-ring (bicyclic) bond motifs is 1. The van der Waals surface area contributed by atoms with Crippen LogP contribution in [0.3, 0.4) is 0 Å². The predicted octanol–water partition coefficient (Wildman–Crippen LogP) is -3.52. The summed E-state index contributed by atoms with van der Waals surface area (Å²) in [6.45, 7) is 5.53. The number of carbonyl (C=O) groups excluding carboxylic acids is 6. The van der Waals surface area contributed by atoms with Gasteiger partial charge in [-0.1, -0.05) is 32.0 Å². The van der Waals surface area contributed by atoms with Crippen LogP contribution in [-0.4, -0.2) is 128 Å². The van der Waals surface area contributed by atoms with E-state index in [0.29, 0.717) is 22.9 Å². The molecule has 0 aliphatic rings. The quantitative estimate of drug-likeness (QED) is 0.0630. The number of amides is 6. The Kier molecular flexibility index (Phi) is 16.6. The van der Waals surface area contributed by atoms with Crippen LogP contribution < -0.4 is 37.6 Å². The number of H-pyrrole nitrogens is 1. The van der Waals surface area contributed by atoms with Gasteiger partial charge in [0, 0.05) is 23.5 Å². The average molecular weight is 735 g/mol. The SMILES string of the molecule is CC(C)CC(N)C(=O)NC(CO)C(=O)NC(CO)C(=O)NC(Cc1c[nH]c2ccccc12)C(=O)NC(C(=O)NC(C)C(=O)NC(C)C(=O)O)C(C)O. The van der Waals surface area contributed by atoms with Crippen molar-refractivity contribution >= 4 is 52.3 Å². The number of nitrogens with two attached hydrogens (primary N) is 1. The summed E-state index contributed by atoms with van der Waals surface area (Å²) < 4.78 is 0. The zero-order valence-corrected chi connectivity index (χ0v) is 29.6. The van der Waals surface area contributed by atoms with Gasteiger partial charge in [0.1, 0.15) is 36.3 Å². The monoisotopic (exact) mass is 734 g/mol. The number of carboxylic acid groups (broad SMARTS) is 1. The maximum atomic E-state index is 13.7. The minimum atomic E-state index is -1.68. The summed E-state index contributed by atoms with van der Waals surface area (Å²) in [7, 11) is 0. The summed E-state index contributed by atoms with van der Waals surface area (Å²) in [5, 5.41) is 53.8. The first kappa shape index (κ1) is 43.1. The molecule has 0 aliphatic carbocycles. The lowest BCUT2D eigenvalue weighted by molar-refractivity contribution is -0.141. The first-order valence-electron chi connectivity index (χ1n) is 16.6. The molecule has 1 aromatic carbocycles. The van der Waals surface area contributed by atoms with Gasteiger partial charge >= 0.3 is 5.97 Å². The lowest BCUT2D eigenvalue weighted by Crippen LogP contribution is -2.62. The van der Waals surface area contributed by atoms with Gasteiger partial charge < -0.3 is 63.0 Å². The molecule has 0 bridgehead atoms. The first-order chi connectivity index (χ1) is 24.4. The number of carboxylic acids is 1. The second-order valence-corrected chi connectivity index (χ2v) is 12.9. The molecule has 8 atom stereocenters. The Balaban J connectivity index is 2.29. The maximum absolute atomic E-state index is 13.7. The fourth-order valence-electron chi connectivity index (χ4n) is 4.98. The van der Waals surface area contributed by atoms with Crippen LogP contribution in [0.25, 0.3) is 10.9 Å². The summed E-state index contributed by atoms with van der Waals surface area (Å²) in [4.78, 5) is 92.2. The van der Waals surface area contributed by atoms with Crippen LogP contribution in [0, 0.1) is 5.92 Å². The molecule has 0 aliphatic heterocycles. The zero-order chi connectivity index (χ0) is 39.3. The molecule has 0 radical (unpaired) electrons. The molecule has 8 unspecified atom stereocenters. The zero-order valence-electron chi connectivity index (χ0n) is 29.6. The number of carbonyl (C=O) groups is 7. The highest BCUT2D eigenvalue weighted by molar-refractivity contribution is 5.97. The van der Waals surface area contributed by atoms with Crippen LogP contribution in [0.15, 0.2) is 30.5 Å². The van der Waals surface area contributed by atoms with Crippen LogP contribution in [0.5, 0.6) is 0 Å². The molecule has 1 heterocycles. The van der Waals surface area contributed by atoms with Crippen LogP contribution >= 0.6 is 0 Å². The van der Waals surface area contributed by atoms with E-state index in [1.807, 2.05) is 13.8 Å². The minimum absolute atomic E-state index is 0.0636. The predicted molar refractivity (Wildman–Crippen MR) is 186 cm³/mol. The summed E-state index contributed by atoms with van der Waals surface area (Å²) in [5.74, 6) is -6.86. The second-order valence-electron chi connectivity index (χ2n) is 12.9. The number of nitrogens with one attached hydrogen (secondary N) is 7. The second kappa shape index (κ2) is 20.1. The number of aromatic nitrogens is 1. The van der Waals surface area contributed by atoms with Crippen molar-refractivity contribution in [2.24, 2.45) is 11.7 Å². The van der Waals surface area contributed by atoms with Crippen molar-refractivity contribution in [2.75, 3.05) is 13.2 Å². The average Bonchev–Trinajstić information content (AvgIpc) is 3.49. The number of para-hydroxylation sites is 1. The van der Waals surface area contributed by atoms with E-state index in [0.717, 1.165) is 0 Å². The van der Waals surface area contributed by atoms with Gasteiger partial charge in [0.15, 0.2) is 0 Å². The molecule has 0 saturated heterocycles. The van der Waals surface area contributed by atoms with E-state index in [-0.39, 0.29) is 12.3 Å². The molecule has 0 spiro atoms. The minimum Gasteiger partial charge on any atom is -0.480 e. The topological polar surface area (TPSA) is 314 Å². The van der Waals surface area contributed by atoms with Crippen LogP contribution in [0.1, 0.15) is 46.6 Å². The molecular formula is C33H50N8O11. The first-order valence-corrected chi connectivity index (χ1v) is 16.6. The van der Waals surface area contributed by atoms with Gasteiger partial charge in [-0.25, -0.2) is 0 Å². The Morgan fingerprint density at radius 1 is 0.692 bits per heavy atom. The Bertz CT molecular complexity index is 1580. The number of aliphatic hydroxyl groups is 3. The Hall–Kier alpha value is -5.11. The van der Waals surface area contributed by atoms with Gasteiger partial charge in [0.2, 0.25) is 35.4 Å². The fraction of sp³-hybridized carbons (Fsp3) is 0.545. The highest BCUT2D eigenvalue weighted by atomic mass is 16.4. The van der Waals surface area contributed by atoms with Gasteiger partial charge in [-0.05, 0) is 44.7 Å². The lowest BCUT2D eigenvalue weighted by Gasteiger charge is -2.27. The normalized spacial score (nSPS) is 15.9. The van der Waals surface area contributed by atoms with Gasteiger partial charge in [-0.15, -0.1) is 0 Å². The molecule has 19 nitrogen and oxygen atoms in total. The molecule has 288 valence electrons. The number of hydrogen-bond donors (Lipinski definition) is 12. The highest BCUT2D eigenvalue weighted by Crippen LogP contribution is 2.19. The molecule has 19 heteroatoms.